The lowest BCUT2D eigenvalue weighted by atomic mass is 10.1. The Morgan fingerprint density at radius 2 is 2.21 bits per heavy atom. The van der Waals surface area contributed by atoms with Crippen molar-refractivity contribution < 1.29 is 0 Å². The second-order valence-electron chi connectivity index (χ2n) is 3.84. The predicted octanol–water partition coefficient (Wildman–Crippen LogP) is 2.27. The van der Waals surface area contributed by atoms with Crippen molar-refractivity contribution >= 4 is 11.3 Å². The lowest BCUT2D eigenvalue weighted by molar-refractivity contribution is 0.286. The van der Waals surface area contributed by atoms with E-state index in [9.17, 15) is 0 Å². The highest BCUT2D eigenvalue weighted by atomic mass is 32.1. The summed E-state index contributed by atoms with van der Waals surface area (Å²) in [4.78, 5) is 3.81. The zero-order valence-electron chi connectivity index (χ0n) is 9.50. The van der Waals surface area contributed by atoms with Gasteiger partial charge in [0.1, 0.15) is 0 Å². The van der Waals surface area contributed by atoms with E-state index in [-0.39, 0.29) is 0 Å². The van der Waals surface area contributed by atoms with Crippen LogP contribution in [0.3, 0.4) is 0 Å². The van der Waals surface area contributed by atoms with Crippen molar-refractivity contribution in [1.29, 1.82) is 0 Å². The van der Waals surface area contributed by atoms with Gasteiger partial charge in [0.05, 0.1) is 0 Å². The molecule has 1 N–H and O–H groups in total. The number of nitrogens with one attached hydrogen (secondary N) is 1. The van der Waals surface area contributed by atoms with Crippen LogP contribution in [-0.2, 0) is 0 Å². The molecule has 0 spiro atoms. The fourth-order valence-electron chi connectivity index (χ4n) is 1.63. The summed E-state index contributed by atoms with van der Waals surface area (Å²) in [6, 6.07) is 2.76. The van der Waals surface area contributed by atoms with Crippen LogP contribution in [0.1, 0.15) is 22.9 Å². The minimum Gasteiger partial charge on any atom is -0.320 e. The van der Waals surface area contributed by atoms with Gasteiger partial charge < -0.3 is 10.2 Å². The zero-order valence-corrected chi connectivity index (χ0v) is 10.3. The third kappa shape index (κ3) is 2.80. The Kier molecular flexibility index (Phi) is 4.58. The molecule has 0 aromatic carbocycles. The Labute approximate surface area is 90.9 Å². The summed E-state index contributed by atoms with van der Waals surface area (Å²) < 4.78 is 0. The molecule has 1 unspecified atom stereocenters. The highest BCUT2D eigenvalue weighted by Crippen LogP contribution is 2.29. The first kappa shape index (κ1) is 11.7. The van der Waals surface area contributed by atoms with Crippen LogP contribution < -0.4 is 5.32 Å². The summed E-state index contributed by atoms with van der Waals surface area (Å²) >= 11 is 1.87. The number of hydrogen-bond donors (Lipinski definition) is 1. The quantitative estimate of drug-likeness (QED) is 0.805. The molecular formula is C11H20N2S. The standard InChI is InChI=1S/C11H20N2S/c1-9-6-8-14-11(9)10(13(3)4)5-7-12-2/h6,8,10,12H,5,7H2,1-4H3. The van der Waals surface area contributed by atoms with Crippen molar-refractivity contribution in [2.24, 2.45) is 0 Å². The molecule has 3 heteroatoms. The van der Waals surface area contributed by atoms with E-state index in [0.29, 0.717) is 6.04 Å². The second kappa shape index (κ2) is 5.49. The fraction of sp³-hybridized carbons (Fsp3) is 0.636. The third-order valence-corrected chi connectivity index (χ3v) is 3.62. The number of nitrogens with zero attached hydrogens (tertiary/aromatic N) is 1. The summed E-state index contributed by atoms with van der Waals surface area (Å²) in [6.07, 6.45) is 1.17. The van der Waals surface area contributed by atoms with Gasteiger partial charge in [0.25, 0.3) is 0 Å². The van der Waals surface area contributed by atoms with Crippen LogP contribution in [0.2, 0.25) is 0 Å². The molecule has 1 heterocycles. The lowest BCUT2D eigenvalue weighted by Gasteiger charge is -2.24. The molecule has 1 aromatic heterocycles. The Morgan fingerprint density at radius 1 is 1.50 bits per heavy atom. The maximum Gasteiger partial charge on any atom is 0.0450 e. The molecular weight excluding hydrogens is 192 g/mol. The lowest BCUT2D eigenvalue weighted by Crippen LogP contribution is -2.23. The van der Waals surface area contributed by atoms with Gasteiger partial charge >= 0.3 is 0 Å². The molecule has 0 aliphatic rings. The van der Waals surface area contributed by atoms with Crippen molar-refractivity contribution in [3.8, 4) is 0 Å². The van der Waals surface area contributed by atoms with E-state index in [2.05, 4.69) is 42.7 Å². The maximum absolute atomic E-state index is 3.21. The van der Waals surface area contributed by atoms with Crippen LogP contribution in [0.4, 0.5) is 0 Å². The van der Waals surface area contributed by atoms with Crippen molar-refractivity contribution in [2.75, 3.05) is 27.7 Å². The van der Waals surface area contributed by atoms with Gasteiger partial charge in [-0.05, 0) is 58.0 Å². The molecule has 2 nitrogen and oxygen atoms in total. The van der Waals surface area contributed by atoms with Crippen LogP contribution >= 0.6 is 11.3 Å². The molecule has 1 rings (SSSR count). The highest BCUT2D eigenvalue weighted by Gasteiger charge is 2.16. The number of thiophene rings is 1. The van der Waals surface area contributed by atoms with Crippen molar-refractivity contribution in [2.45, 2.75) is 19.4 Å². The van der Waals surface area contributed by atoms with E-state index in [1.165, 1.54) is 16.9 Å². The number of aryl methyl sites for hydroxylation is 1. The fourth-order valence-corrected chi connectivity index (χ4v) is 2.79. The molecule has 1 atom stereocenters. The summed E-state index contributed by atoms with van der Waals surface area (Å²) in [7, 11) is 6.31. The maximum atomic E-state index is 3.21. The topological polar surface area (TPSA) is 15.3 Å². The van der Waals surface area contributed by atoms with Crippen LogP contribution in [0, 0.1) is 6.92 Å². The predicted molar refractivity (Wildman–Crippen MR) is 64.0 cm³/mol. The first-order chi connectivity index (χ1) is 6.66. The van der Waals surface area contributed by atoms with E-state index in [0.717, 1.165) is 6.54 Å². The Bertz CT molecular complexity index is 268. The van der Waals surface area contributed by atoms with Crippen molar-refractivity contribution in [1.82, 2.24) is 10.2 Å². The van der Waals surface area contributed by atoms with Gasteiger partial charge in [0.2, 0.25) is 0 Å². The van der Waals surface area contributed by atoms with E-state index in [1.54, 1.807) is 0 Å². The average Bonchev–Trinajstić information content (AvgIpc) is 2.52. The largest absolute Gasteiger partial charge is 0.320 e. The first-order valence-electron chi connectivity index (χ1n) is 5.01. The highest BCUT2D eigenvalue weighted by molar-refractivity contribution is 7.10. The van der Waals surface area contributed by atoms with Gasteiger partial charge in [-0.1, -0.05) is 0 Å². The van der Waals surface area contributed by atoms with Crippen LogP contribution in [0.25, 0.3) is 0 Å². The molecule has 0 radical (unpaired) electrons. The number of hydrogen-bond acceptors (Lipinski definition) is 3. The summed E-state index contributed by atoms with van der Waals surface area (Å²) in [5.74, 6) is 0. The molecule has 1 aromatic rings. The molecule has 14 heavy (non-hydrogen) atoms. The zero-order chi connectivity index (χ0) is 10.6. The number of rotatable bonds is 5. The van der Waals surface area contributed by atoms with Crippen molar-refractivity contribution in [3.63, 3.8) is 0 Å². The Morgan fingerprint density at radius 3 is 2.64 bits per heavy atom. The van der Waals surface area contributed by atoms with E-state index < -0.39 is 0 Å². The molecule has 0 aliphatic heterocycles. The van der Waals surface area contributed by atoms with Crippen LogP contribution in [-0.4, -0.2) is 32.6 Å². The molecule has 0 saturated carbocycles. The normalized spacial score (nSPS) is 13.5. The minimum atomic E-state index is 0.558. The van der Waals surface area contributed by atoms with Gasteiger partial charge in [0, 0.05) is 10.9 Å². The summed E-state index contributed by atoms with van der Waals surface area (Å²) in [6.45, 7) is 3.27. The Hall–Kier alpha value is -0.380. The van der Waals surface area contributed by atoms with Crippen molar-refractivity contribution in [3.05, 3.63) is 21.9 Å². The van der Waals surface area contributed by atoms with Crippen LogP contribution in [0.15, 0.2) is 11.4 Å². The van der Waals surface area contributed by atoms with Gasteiger partial charge in [-0.15, -0.1) is 11.3 Å². The Balaban J connectivity index is 2.73. The van der Waals surface area contributed by atoms with Gasteiger partial charge in [-0.3, -0.25) is 0 Å². The average molecular weight is 212 g/mol. The molecule has 0 saturated heterocycles. The summed E-state index contributed by atoms with van der Waals surface area (Å²) in [5.41, 5.74) is 1.42. The molecule has 0 amide bonds. The van der Waals surface area contributed by atoms with Gasteiger partial charge in [-0.25, -0.2) is 0 Å². The van der Waals surface area contributed by atoms with E-state index in [1.807, 2.05) is 18.4 Å². The smallest absolute Gasteiger partial charge is 0.0450 e. The van der Waals surface area contributed by atoms with E-state index in [4.69, 9.17) is 0 Å². The molecule has 0 fully saturated rings. The van der Waals surface area contributed by atoms with E-state index >= 15 is 0 Å². The van der Waals surface area contributed by atoms with Gasteiger partial charge in [-0.2, -0.15) is 0 Å². The molecule has 80 valence electrons. The summed E-state index contributed by atoms with van der Waals surface area (Å²) in [5, 5.41) is 5.39. The monoisotopic (exact) mass is 212 g/mol. The minimum absolute atomic E-state index is 0.558. The molecule has 0 aliphatic carbocycles. The first-order valence-corrected chi connectivity index (χ1v) is 5.89. The van der Waals surface area contributed by atoms with Gasteiger partial charge in [0.15, 0.2) is 0 Å². The molecule has 0 bridgehead atoms. The van der Waals surface area contributed by atoms with Crippen LogP contribution in [0.5, 0.6) is 0 Å². The SMILES string of the molecule is CNCCC(c1sccc1C)N(C)C. The second-order valence-corrected chi connectivity index (χ2v) is 4.79. The third-order valence-electron chi connectivity index (χ3n) is 2.50.